The number of likely N-dealkylation sites (tertiary alicyclic amines) is 1. The Morgan fingerprint density at radius 1 is 1.38 bits per heavy atom. The second-order valence-corrected chi connectivity index (χ2v) is 5.28. The van der Waals surface area contributed by atoms with E-state index in [1.807, 2.05) is 11.8 Å². The van der Waals surface area contributed by atoms with Crippen LogP contribution in [0, 0.1) is 16.0 Å². The third kappa shape index (κ3) is 3.72. The molecule has 1 fully saturated rings. The predicted octanol–water partition coefficient (Wildman–Crippen LogP) is 2.08. The average molecular weight is 290 g/mol. The third-order valence-electron chi connectivity index (χ3n) is 3.87. The maximum atomic E-state index is 12.2. The van der Waals surface area contributed by atoms with Crippen LogP contribution in [0.1, 0.15) is 30.1 Å². The van der Waals surface area contributed by atoms with Crippen molar-refractivity contribution in [3.63, 3.8) is 0 Å². The molecule has 0 aromatic heterocycles. The van der Waals surface area contributed by atoms with E-state index in [1.54, 1.807) is 0 Å². The standard InChI is InChI=1S/C15H18N2O4/c1-2-11-9-16(8-7-14(11)18)10-15(19)12-3-5-13(6-4-12)17(20)21/h3-6,11H,2,7-10H2,1H3. The van der Waals surface area contributed by atoms with Crippen LogP contribution in [-0.4, -0.2) is 41.0 Å². The second-order valence-electron chi connectivity index (χ2n) is 5.28. The Kier molecular flexibility index (Phi) is 4.80. The van der Waals surface area contributed by atoms with E-state index in [0.717, 1.165) is 6.42 Å². The minimum Gasteiger partial charge on any atom is -0.299 e. The van der Waals surface area contributed by atoms with Crippen LogP contribution in [-0.2, 0) is 4.79 Å². The number of piperidine rings is 1. The largest absolute Gasteiger partial charge is 0.299 e. The van der Waals surface area contributed by atoms with Gasteiger partial charge in [0.2, 0.25) is 0 Å². The average Bonchev–Trinajstić information content (AvgIpc) is 2.49. The van der Waals surface area contributed by atoms with Gasteiger partial charge in [0.25, 0.3) is 5.69 Å². The summed E-state index contributed by atoms with van der Waals surface area (Å²) in [5, 5.41) is 10.6. The van der Waals surface area contributed by atoms with Gasteiger partial charge >= 0.3 is 0 Å². The summed E-state index contributed by atoms with van der Waals surface area (Å²) in [7, 11) is 0. The van der Waals surface area contributed by atoms with Crippen LogP contribution in [0.3, 0.4) is 0 Å². The van der Waals surface area contributed by atoms with E-state index >= 15 is 0 Å². The highest BCUT2D eigenvalue weighted by Crippen LogP contribution is 2.17. The summed E-state index contributed by atoms with van der Waals surface area (Å²) in [6.07, 6.45) is 1.28. The van der Waals surface area contributed by atoms with Gasteiger partial charge < -0.3 is 0 Å². The zero-order valence-electron chi connectivity index (χ0n) is 11.9. The Morgan fingerprint density at radius 2 is 2.05 bits per heavy atom. The van der Waals surface area contributed by atoms with Crippen LogP contribution in [0.4, 0.5) is 5.69 Å². The lowest BCUT2D eigenvalue weighted by atomic mass is 9.94. The van der Waals surface area contributed by atoms with Gasteiger partial charge in [-0.05, 0) is 18.6 Å². The Balaban J connectivity index is 1.98. The highest BCUT2D eigenvalue weighted by molar-refractivity contribution is 5.98. The van der Waals surface area contributed by atoms with Crippen molar-refractivity contribution in [2.24, 2.45) is 5.92 Å². The SMILES string of the molecule is CCC1CN(CC(=O)c2ccc([N+](=O)[O-])cc2)CCC1=O. The van der Waals surface area contributed by atoms with Gasteiger partial charge in [0.1, 0.15) is 5.78 Å². The molecular weight excluding hydrogens is 272 g/mol. The predicted molar refractivity (Wildman–Crippen MR) is 77.3 cm³/mol. The van der Waals surface area contributed by atoms with E-state index in [-0.39, 0.29) is 29.7 Å². The van der Waals surface area contributed by atoms with E-state index in [2.05, 4.69) is 0 Å². The molecule has 1 aliphatic rings. The summed E-state index contributed by atoms with van der Waals surface area (Å²) >= 11 is 0. The first-order chi connectivity index (χ1) is 10.0. The molecule has 0 spiro atoms. The molecule has 112 valence electrons. The van der Waals surface area contributed by atoms with Crippen LogP contribution in [0.25, 0.3) is 0 Å². The minimum absolute atomic E-state index is 0.0170. The molecule has 0 amide bonds. The van der Waals surface area contributed by atoms with Gasteiger partial charge in [0.05, 0.1) is 11.5 Å². The summed E-state index contributed by atoms with van der Waals surface area (Å²) < 4.78 is 0. The minimum atomic E-state index is -0.490. The number of non-ortho nitro benzene ring substituents is 1. The van der Waals surface area contributed by atoms with Gasteiger partial charge in [0.15, 0.2) is 5.78 Å². The number of nitro groups is 1. The molecule has 6 nitrogen and oxygen atoms in total. The number of ketones is 2. The van der Waals surface area contributed by atoms with E-state index in [1.165, 1.54) is 24.3 Å². The molecule has 6 heteroatoms. The normalized spacial score (nSPS) is 19.5. The number of nitrogens with zero attached hydrogens (tertiary/aromatic N) is 2. The van der Waals surface area contributed by atoms with Gasteiger partial charge in [-0.1, -0.05) is 6.92 Å². The maximum Gasteiger partial charge on any atom is 0.269 e. The molecule has 1 aromatic rings. The highest BCUT2D eigenvalue weighted by Gasteiger charge is 2.26. The third-order valence-corrected chi connectivity index (χ3v) is 3.87. The van der Waals surface area contributed by atoms with E-state index < -0.39 is 4.92 Å². The number of carbonyl (C=O) groups excluding carboxylic acids is 2. The van der Waals surface area contributed by atoms with Crippen LogP contribution in [0.15, 0.2) is 24.3 Å². The quantitative estimate of drug-likeness (QED) is 0.471. The van der Waals surface area contributed by atoms with Crippen molar-refractivity contribution in [3.8, 4) is 0 Å². The molecule has 2 rings (SSSR count). The van der Waals surface area contributed by atoms with Crippen LogP contribution in [0.2, 0.25) is 0 Å². The zero-order chi connectivity index (χ0) is 15.4. The van der Waals surface area contributed by atoms with Crippen molar-refractivity contribution in [2.75, 3.05) is 19.6 Å². The summed E-state index contributed by atoms with van der Waals surface area (Å²) in [6, 6.07) is 5.63. The van der Waals surface area contributed by atoms with Crippen molar-refractivity contribution in [2.45, 2.75) is 19.8 Å². The maximum absolute atomic E-state index is 12.2. The molecule has 0 N–H and O–H groups in total. The summed E-state index contributed by atoms with van der Waals surface area (Å²) in [5.74, 6) is 0.217. The summed E-state index contributed by atoms with van der Waals surface area (Å²) in [6.45, 7) is 3.45. The first-order valence-electron chi connectivity index (χ1n) is 7.04. The topological polar surface area (TPSA) is 80.5 Å². The Bertz CT molecular complexity index is 553. The fourth-order valence-electron chi connectivity index (χ4n) is 2.54. The lowest BCUT2D eigenvalue weighted by Crippen LogP contribution is -2.42. The van der Waals surface area contributed by atoms with Gasteiger partial charge in [0, 0.05) is 43.1 Å². The van der Waals surface area contributed by atoms with E-state index in [4.69, 9.17) is 0 Å². The molecule has 1 aliphatic heterocycles. The van der Waals surface area contributed by atoms with Crippen LogP contribution in [0.5, 0.6) is 0 Å². The number of hydrogen-bond acceptors (Lipinski definition) is 5. The molecule has 1 saturated heterocycles. The van der Waals surface area contributed by atoms with Crippen molar-refractivity contribution < 1.29 is 14.5 Å². The van der Waals surface area contributed by atoms with Gasteiger partial charge in [-0.15, -0.1) is 0 Å². The number of Topliss-reactive ketones (excluding diaryl/α,β-unsaturated/α-hetero) is 2. The number of hydrogen-bond donors (Lipinski definition) is 0. The van der Waals surface area contributed by atoms with Crippen molar-refractivity contribution in [1.29, 1.82) is 0 Å². The number of rotatable bonds is 5. The molecule has 0 radical (unpaired) electrons. The lowest BCUT2D eigenvalue weighted by Gasteiger charge is -2.30. The van der Waals surface area contributed by atoms with E-state index in [0.29, 0.717) is 25.1 Å². The second kappa shape index (κ2) is 6.58. The molecule has 1 aromatic carbocycles. The van der Waals surface area contributed by atoms with Crippen molar-refractivity contribution in [3.05, 3.63) is 39.9 Å². The molecule has 0 aliphatic carbocycles. The molecule has 1 heterocycles. The number of nitro benzene ring substituents is 1. The van der Waals surface area contributed by atoms with Crippen molar-refractivity contribution in [1.82, 2.24) is 4.90 Å². The molecular formula is C15H18N2O4. The van der Waals surface area contributed by atoms with Gasteiger partial charge in [-0.2, -0.15) is 0 Å². The van der Waals surface area contributed by atoms with Crippen molar-refractivity contribution >= 4 is 17.3 Å². The number of benzene rings is 1. The van der Waals surface area contributed by atoms with Crippen LogP contribution < -0.4 is 0 Å². The Labute approximate surface area is 122 Å². The lowest BCUT2D eigenvalue weighted by molar-refractivity contribution is -0.384. The number of carbonyl (C=O) groups is 2. The Hall–Kier alpha value is -2.08. The fraction of sp³-hybridized carbons (Fsp3) is 0.467. The summed E-state index contributed by atoms with van der Waals surface area (Å²) in [4.78, 5) is 35.9. The van der Waals surface area contributed by atoms with Gasteiger partial charge in [-0.3, -0.25) is 24.6 Å². The molecule has 1 unspecified atom stereocenters. The van der Waals surface area contributed by atoms with Crippen LogP contribution >= 0.6 is 0 Å². The van der Waals surface area contributed by atoms with Gasteiger partial charge in [-0.25, -0.2) is 0 Å². The molecule has 0 bridgehead atoms. The molecule has 0 saturated carbocycles. The smallest absolute Gasteiger partial charge is 0.269 e. The first kappa shape index (κ1) is 15.3. The fourth-order valence-corrected chi connectivity index (χ4v) is 2.54. The highest BCUT2D eigenvalue weighted by atomic mass is 16.6. The summed E-state index contributed by atoms with van der Waals surface area (Å²) in [5.41, 5.74) is 0.437. The molecule has 1 atom stereocenters. The first-order valence-corrected chi connectivity index (χ1v) is 7.04. The zero-order valence-corrected chi connectivity index (χ0v) is 11.9. The monoisotopic (exact) mass is 290 g/mol. The van der Waals surface area contributed by atoms with E-state index in [9.17, 15) is 19.7 Å². The Morgan fingerprint density at radius 3 is 2.62 bits per heavy atom. The molecule has 21 heavy (non-hydrogen) atoms.